The first-order valence-electron chi connectivity index (χ1n) is 8.46. The van der Waals surface area contributed by atoms with Crippen LogP contribution in [0.3, 0.4) is 0 Å². The second kappa shape index (κ2) is 9.41. The SMILES string of the molecule is CCNC(=NCC1CCN(CC)C1)NCCc1ccccn1. The highest BCUT2D eigenvalue weighted by Crippen LogP contribution is 2.15. The van der Waals surface area contributed by atoms with E-state index in [-0.39, 0.29) is 0 Å². The molecule has 2 N–H and O–H groups in total. The maximum atomic E-state index is 4.74. The van der Waals surface area contributed by atoms with E-state index in [4.69, 9.17) is 4.99 Å². The average molecular weight is 303 g/mol. The molecule has 1 fully saturated rings. The smallest absolute Gasteiger partial charge is 0.191 e. The summed E-state index contributed by atoms with van der Waals surface area (Å²) in [6.45, 7) is 10.6. The highest BCUT2D eigenvalue weighted by Gasteiger charge is 2.20. The quantitative estimate of drug-likeness (QED) is 0.592. The number of likely N-dealkylation sites (tertiary alicyclic amines) is 1. The molecule has 1 aromatic heterocycles. The zero-order chi connectivity index (χ0) is 15.6. The van der Waals surface area contributed by atoms with Crippen molar-refractivity contribution in [1.29, 1.82) is 0 Å². The molecule has 5 heteroatoms. The molecule has 1 aliphatic rings. The molecule has 0 amide bonds. The third kappa shape index (κ3) is 5.64. The van der Waals surface area contributed by atoms with E-state index in [0.717, 1.165) is 44.3 Å². The molecule has 0 spiro atoms. The summed E-state index contributed by atoms with van der Waals surface area (Å²) in [5.41, 5.74) is 1.11. The number of guanidine groups is 1. The van der Waals surface area contributed by atoms with Crippen molar-refractivity contribution in [3.8, 4) is 0 Å². The molecule has 0 saturated carbocycles. The van der Waals surface area contributed by atoms with Crippen molar-refractivity contribution < 1.29 is 0 Å². The van der Waals surface area contributed by atoms with E-state index in [1.165, 1.54) is 19.5 Å². The largest absolute Gasteiger partial charge is 0.357 e. The summed E-state index contributed by atoms with van der Waals surface area (Å²) >= 11 is 0. The minimum atomic E-state index is 0.700. The van der Waals surface area contributed by atoms with E-state index in [1.54, 1.807) is 0 Å². The topological polar surface area (TPSA) is 52.6 Å². The van der Waals surface area contributed by atoms with Crippen LogP contribution in [-0.4, -0.2) is 55.1 Å². The van der Waals surface area contributed by atoms with Crippen LogP contribution in [0.25, 0.3) is 0 Å². The number of rotatable bonds is 7. The molecule has 5 nitrogen and oxygen atoms in total. The average Bonchev–Trinajstić information content (AvgIpc) is 3.02. The monoisotopic (exact) mass is 303 g/mol. The lowest BCUT2D eigenvalue weighted by atomic mass is 10.1. The molecule has 0 radical (unpaired) electrons. The molecule has 0 aliphatic carbocycles. The van der Waals surface area contributed by atoms with Crippen molar-refractivity contribution in [3.63, 3.8) is 0 Å². The number of nitrogens with zero attached hydrogens (tertiary/aromatic N) is 3. The molecule has 0 bridgehead atoms. The minimum absolute atomic E-state index is 0.700. The first-order chi connectivity index (χ1) is 10.8. The molecule has 122 valence electrons. The number of hydrogen-bond donors (Lipinski definition) is 2. The molecule has 1 aliphatic heterocycles. The van der Waals surface area contributed by atoms with Gasteiger partial charge in [-0.2, -0.15) is 0 Å². The lowest BCUT2D eigenvalue weighted by Gasteiger charge is -2.14. The van der Waals surface area contributed by atoms with Crippen LogP contribution in [0.2, 0.25) is 0 Å². The van der Waals surface area contributed by atoms with Crippen LogP contribution in [0.4, 0.5) is 0 Å². The predicted octanol–water partition coefficient (Wildman–Crippen LogP) is 1.52. The zero-order valence-corrected chi connectivity index (χ0v) is 13.9. The lowest BCUT2D eigenvalue weighted by Crippen LogP contribution is -2.38. The zero-order valence-electron chi connectivity index (χ0n) is 13.9. The molecular formula is C17H29N5. The Morgan fingerprint density at radius 2 is 2.27 bits per heavy atom. The Morgan fingerprint density at radius 3 is 2.95 bits per heavy atom. The minimum Gasteiger partial charge on any atom is -0.357 e. The summed E-state index contributed by atoms with van der Waals surface area (Å²) in [7, 11) is 0. The second-order valence-electron chi connectivity index (χ2n) is 5.77. The van der Waals surface area contributed by atoms with E-state index in [9.17, 15) is 0 Å². The standard InChI is InChI=1S/C17H29N5/c1-3-18-17(20-11-8-16-7-5-6-10-19-16)21-13-15-9-12-22(4-2)14-15/h5-7,10,15H,3-4,8-9,11-14H2,1-2H3,(H2,18,20,21). The van der Waals surface area contributed by atoms with Gasteiger partial charge in [0.25, 0.3) is 0 Å². The molecule has 2 heterocycles. The van der Waals surface area contributed by atoms with Crippen LogP contribution in [0.15, 0.2) is 29.4 Å². The summed E-state index contributed by atoms with van der Waals surface area (Å²) < 4.78 is 0. The van der Waals surface area contributed by atoms with Gasteiger partial charge < -0.3 is 15.5 Å². The van der Waals surface area contributed by atoms with Crippen molar-refractivity contribution in [1.82, 2.24) is 20.5 Å². The molecule has 22 heavy (non-hydrogen) atoms. The maximum Gasteiger partial charge on any atom is 0.191 e. The van der Waals surface area contributed by atoms with Crippen LogP contribution in [0.1, 0.15) is 26.0 Å². The van der Waals surface area contributed by atoms with Gasteiger partial charge in [-0.25, -0.2) is 0 Å². The van der Waals surface area contributed by atoms with Crippen LogP contribution in [-0.2, 0) is 6.42 Å². The normalized spacial score (nSPS) is 19.4. The molecule has 0 aromatic carbocycles. The predicted molar refractivity (Wildman–Crippen MR) is 92.1 cm³/mol. The van der Waals surface area contributed by atoms with Gasteiger partial charge in [-0.1, -0.05) is 13.0 Å². The molecule has 2 rings (SSSR count). The number of hydrogen-bond acceptors (Lipinski definition) is 3. The van der Waals surface area contributed by atoms with Gasteiger partial charge >= 0.3 is 0 Å². The molecule has 1 saturated heterocycles. The first kappa shape index (κ1) is 16.7. The van der Waals surface area contributed by atoms with Crippen molar-refractivity contribution in [2.24, 2.45) is 10.9 Å². The fourth-order valence-corrected chi connectivity index (χ4v) is 2.77. The van der Waals surface area contributed by atoms with Crippen molar-refractivity contribution >= 4 is 5.96 Å². The third-order valence-electron chi connectivity index (χ3n) is 4.07. The Morgan fingerprint density at radius 1 is 1.36 bits per heavy atom. The van der Waals surface area contributed by atoms with Gasteiger partial charge in [0.2, 0.25) is 0 Å². The van der Waals surface area contributed by atoms with E-state index in [1.807, 2.05) is 18.3 Å². The highest BCUT2D eigenvalue weighted by molar-refractivity contribution is 5.79. The summed E-state index contributed by atoms with van der Waals surface area (Å²) in [5.74, 6) is 1.62. The van der Waals surface area contributed by atoms with Crippen molar-refractivity contribution in [2.75, 3.05) is 39.3 Å². The second-order valence-corrected chi connectivity index (χ2v) is 5.77. The van der Waals surface area contributed by atoms with Crippen LogP contribution >= 0.6 is 0 Å². The summed E-state index contributed by atoms with van der Waals surface area (Å²) in [4.78, 5) is 11.6. The molecule has 1 atom stereocenters. The van der Waals surface area contributed by atoms with E-state index in [2.05, 4.69) is 40.4 Å². The number of pyridine rings is 1. The lowest BCUT2D eigenvalue weighted by molar-refractivity contribution is 0.343. The van der Waals surface area contributed by atoms with E-state index < -0.39 is 0 Å². The number of nitrogens with one attached hydrogen (secondary N) is 2. The first-order valence-corrected chi connectivity index (χ1v) is 8.46. The third-order valence-corrected chi connectivity index (χ3v) is 4.07. The molecule has 1 unspecified atom stereocenters. The Hall–Kier alpha value is -1.62. The fraction of sp³-hybridized carbons (Fsp3) is 0.647. The van der Waals surface area contributed by atoms with Crippen molar-refractivity contribution in [2.45, 2.75) is 26.7 Å². The molecule has 1 aromatic rings. The summed E-state index contributed by atoms with van der Waals surface area (Å²) in [6, 6.07) is 6.04. The van der Waals surface area contributed by atoms with Gasteiger partial charge in [0.05, 0.1) is 0 Å². The Kier molecular flexibility index (Phi) is 7.16. The Balaban J connectivity index is 1.75. The summed E-state index contributed by atoms with van der Waals surface area (Å²) in [5, 5.41) is 6.73. The van der Waals surface area contributed by atoms with E-state index >= 15 is 0 Å². The summed E-state index contributed by atoms with van der Waals surface area (Å²) in [6.07, 6.45) is 4.02. The number of aliphatic imine (C=N–C) groups is 1. The van der Waals surface area contributed by atoms with Gasteiger partial charge in [0.15, 0.2) is 5.96 Å². The van der Waals surface area contributed by atoms with Crippen LogP contribution in [0.5, 0.6) is 0 Å². The Labute approximate surface area is 134 Å². The van der Waals surface area contributed by atoms with Gasteiger partial charge in [-0.15, -0.1) is 0 Å². The highest BCUT2D eigenvalue weighted by atomic mass is 15.2. The van der Waals surface area contributed by atoms with Crippen LogP contribution in [0, 0.1) is 5.92 Å². The van der Waals surface area contributed by atoms with Gasteiger partial charge in [-0.05, 0) is 44.5 Å². The van der Waals surface area contributed by atoms with Gasteiger partial charge in [0, 0.05) is 44.5 Å². The maximum absolute atomic E-state index is 4.74. The van der Waals surface area contributed by atoms with Crippen LogP contribution < -0.4 is 10.6 Å². The molecular weight excluding hydrogens is 274 g/mol. The van der Waals surface area contributed by atoms with Gasteiger partial charge in [-0.3, -0.25) is 9.98 Å². The fourth-order valence-electron chi connectivity index (χ4n) is 2.77. The van der Waals surface area contributed by atoms with Gasteiger partial charge in [0.1, 0.15) is 0 Å². The Bertz CT molecular complexity index is 446. The number of aromatic nitrogens is 1. The van der Waals surface area contributed by atoms with Crippen molar-refractivity contribution in [3.05, 3.63) is 30.1 Å². The van der Waals surface area contributed by atoms with E-state index in [0.29, 0.717) is 5.92 Å².